The van der Waals surface area contributed by atoms with Crippen LogP contribution >= 0.6 is 0 Å². The molecule has 1 aliphatic rings. The molecule has 0 amide bonds. The van der Waals surface area contributed by atoms with Crippen LogP contribution in [0.2, 0.25) is 0 Å². The van der Waals surface area contributed by atoms with E-state index in [9.17, 15) is 9.59 Å². The number of pyridine rings is 1. The van der Waals surface area contributed by atoms with E-state index >= 15 is 0 Å². The maximum absolute atomic E-state index is 13.0. The average molecular weight is 375 g/mol. The number of hydrogen-bond donors (Lipinski definition) is 0. The largest absolute Gasteiger partial charge is 0.486 e. The van der Waals surface area contributed by atoms with Crippen molar-refractivity contribution in [3.05, 3.63) is 71.4 Å². The molecule has 0 radical (unpaired) electrons. The number of benzene rings is 2. The topological polar surface area (TPSA) is 65.5 Å². The molecule has 0 saturated carbocycles. The number of carbonyl (C=O) groups is 2. The second-order valence-corrected chi connectivity index (χ2v) is 7.25. The first-order chi connectivity index (χ1) is 13.5. The Labute approximate surface area is 163 Å². The summed E-state index contributed by atoms with van der Waals surface area (Å²) in [5.74, 6) is 0.349. The number of hydrogen-bond acceptors (Lipinski definition) is 5. The number of fused-ring (bicyclic) bond motifs is 2. The van der Waals surface area contributed by atoms with E-state index in [2.05, 4.69) is 4.98 Å². The fraction of sp³-hybridized carbons (Fsp3) is 0.261. The number of Topliss-reactive ketones (excluding diaryl/α,β-unsaturated/α-hetero) is 1. The summed E-state index contributed by atoms with van der Waals surface area (Å²) in [6.45, 7) is 4.03. The smallest absolute Gasteiger partial charge is 0.338 e. The molecule has 0 spiro atoms. The monoisotopic (exact) mass is 375 g/mol. The Hall–Kier alpha value is -3.21. The van der Waals surface area contributed by atoms with Crippen molar-refractivity contribution in [1.29, 1.82) is 0 Å². The van der Waals surface area contributed by atoms with Gasteiger partial charge in [0.25, 0.3) is 0 Å². The molecule has 4 rings (SSSR count). The summed E-state index contributed by atoms with van der Waals surface area (Å²) in [5, 5.41) is 0.938. The van der Waals surface area contributed by atoms with Crippen LogP contribution in [0.4, 0.5) is 0 Å². The van der Waals surface area contributed by atoms with Gasteiger partial charge in [-0.2, -0.15) is 0 Å². The predicted molar refractivity (Wildman–Crippen MR) is 106 cm³/mol. The number of carbonyl (C=O) groups excluding carboxylic acids is 2. The summed E-state index contributed by atoms with van der Waals surface area (Å²) >= 11 is 0. The zero-order valence-electron chi connectivity index (χ0n) is 15.9. The predicted octanol–water partition coefficient (Wildman–Crippen LogP) is 4.38. The number of ketones is 1. The number of rotatable bonds is 5. The van der Waals surface area contributed by atoms with Crippen molar-refractivity contribution in [2.75, 3.05) is 6.61 Å². The van der Waals surface area contributed by atoms with Crippen LogP contribution in [0.15, 0.2) is 54.7 Å². The minimum Gasteiger partial charge on any atom is -0.486 e. The van der Waals surface area contributed by atoms with E-state index in [0.717, 1.165) is 10.9 Å². The molecule has 0 aliphatic carbocycles. The van der Waals surface area contributed by atoms with Gasteiger partial charge in [-0.15, -0.1) is 0 Å². The van der Waals surface area contributed by atoms with Gasteiger partial charge in [0.1, 0.15) is 11.4 Å². The van der Waals surface area contributed by atoms with Crippen LogP contribution in [0.3, 0.4) is 0 Å². The Morgan fingerprint density at radius 2 is 2.00 bits per heavy atom. The maximum Gasteiger partial charge on any atom is 0.338 e. The Bertz CT molecular complexity index is 1070. The van der Waals surface area contributed by atoms with Crippen LogP contribution in [0.25, 0.3) is 10.9 Å². The fourth-order valence-electron chi connectivity index (χ4n) is 3.73. The van der Waals surface area contributed by atoms with E-state index in [1.165, 1.54) is 0 Å². The van der Waals surface area contributed by atoms with Gasteiger partial charge in [-0.1, -0.05) is 18.2 Å². The average Bonchev–Trinajstić information content (AvgIpc) is 3.02. The molecule has 5 heteroatoms. The van der Waals surface area contributed by atoms with Gasteiger partial charge in [-0.3, -0.25) is 9.78 Å². The molecule has 2 heterocycles. The molecule has 1 aliphatic heterocycles. The molecule has 142 valence electrons. The van der Waals surface area contributed by atoms with E-state index in [1.807, 2.05) is 37.3 Å². The van der Waals surface area contributed by atoms with Gasteiger partial charge in [0.2, 0.25) is 0 Å². The van der Waals surface area contributed by atoms with Gasteiger partial charge in [-0.25, -0.2) is 4.79 Å². The highest BCUT2D eigenvalue weighted by Gasteiger charge is 2.37. The minimum atomic E-state index is -0.663. The standard InChI is InChI=1S/C23H21NO4/c1-3-27-22(26)16-9-10-20-17(12-16)13-23(2,28-20)14-19(25)18-8-4-6-15-7-5-11-24-21(15)18/h4-12H,3,13-14H2,1-2H3. The van der Waals surface area contributed by atoms with Crippen LogP contribution < -0.4 is 4.74 Å². The van der Waals surface area contributed by atoms with Crippen LogP contribution in [0, 0.1) is 0 Å². The number of aromatic nitrogens is 1. The van der Waals surface area contributed by atoms with E-state index in [1.54, 1.807) is 31.3 Å². The Balaban J connectivity index is 1.56. The third-order valence-electron chi connectivity index (χ3n) is 4.96. The SMILES string of the molecule is CCOC(=O)c1ccc2c(c1)CC(C)(CC(=O)c1cccc3cccnc13)O2. The second kappa shape index (κ2) is 7.08. The Kier molecular flexibility index (Phi) is 4.59. The highest BCUT2D eigenvalue weighted by atomic mass is 16.5. The summed E-state index contributed by atoms with van der Waals surface area (Å²) in [6, 6.07) is 14.7. The quantitative estimate of drug-likeness (QED) is 0.489. The third-order valence-corrected chi connectivity index (χ3v) is 4.96. The normalized spacial score (nSPS) is 17.8. The van der Waals surface area contributed by atoms with Gasteiger partial charge in [-0.05, 0) is 49.7 Å². The molecular weight excluding hydrogens is 354 g/mol. The second-order valence-electron chi connectivity index (χ2n) is 7.25. The van der Waals surface area contributed by atoms with Crippen molar-refractivity contribution >= 4 is 22.7 Å². The number of nitrogens with zero attached hydrogens (tertiary/aromatic N) is 1. The van der Waals surface area contributed by atoms with Crippen molar-refractivity contribution in [2.24, 2.45) is 0 Å². The molecule has 3 aromatic rings. The van der Waals surface area contributed by atoms with Crippen LogP contribution in [-0.2, 0) is 11.2 Å². The zero-order valence-corrected chi connectivity index (χ0v) is 15.9. The zero-order chi connectivity index (χ0) is 19.7. The van der Waals surface area contributed by atoms with Gasteiger partial charge in [0.15, 0.2) is 5.78 Å². The van der Waals surface area contributed by atoms with Crippen LogP contribution in [-0.4, -0.2) is 28.9 Å². The lowest BCUT2D eigenvalue weighted by Gasteiger charge is -2.23. The van der Waals surface area contributed by atoms with Crippen LogP contribution in [0.5, 0.6) is 5.75 Å². The molecule has 1 aromatic heterocycles. The molecular formula is C23H21NO4. The molecule has 0 bridgehead atoms. The number of esters is 1. The molecule has 1 atom stereocenters. The lowest BCUT2D eigenvalue weighted by Crippen LogP contribution is -2.33. The Morgan fingerprint density at radius 3 is 2.82 bits per heavy atom. The molecule has 0 fully saturated rings. The lowest BCUT2D eigenvalue weighted by atomic mass is 9.90. The number of ether oxygens (including phenoxy) is 2. The highest BCUT2D eigenvalue weighted by Crippen LogP contribution is 2.38. The van der Waals surface area contributed by atoms with E-state index in [0.29, 0.717) is 35.4 Å². The van der Waals surface area contributed by atoms with Crippen molar-refractivity contribution in [3.63, 3.8) is 0 Å². The van der Waals surface area contributed by atoms with Crippen molar-refractivity contribution in [3.8, 4) is 5.75 Å². The van der Waals surface area contributed by atoms with E-state index in [4.69, 9.17) is 9.47 Å². The highest BCUT2D eigenvalue weighted by molar-refractivity contribution is 6.07. The third kappa shape index (κ3) is 3.36. The van der Waals surface area contributed by atoms with E-state index < -0.39 is 5.60 Å². The van der Waals surface area contributed by atoms with Crippen molar-refractivity contribution in [1.82, 2.24) is 4.98 Å². The summed E-state index contributed by atoms with van der Waals surface area (Å²) < 4.78 is 11.2. The minimum absolute atomic E-state index is 0.00905. The summed E-state index contributed by atoms with van der Waals surface area (Å²) in [6.07, 6.45) is 2.48. The molecule has 2 aromatic carbocycles. The molecule has 0 N–H and O–H groups in total. The van der Waals surface area contributed by atoms with Gasteiger partial charge >= 0.3 is 5.97 Å². The first-order valence-electron chi connectivity index (χ1n) is 9.35. The van der Waals surface area contributed by atoms with Gasteiger partial charge in [0.05, 0.1) is 24.1 Å². The fourth-order valence-corrected chi connectivity index (χ4v) is 3.73. The van der Waals surface area contributed by atoms with Crippen molar-refractivity contribution in [2.45, 2.75) is 32.3 Å². The first kappa shape index (κ1) is 18.2. The van der Waals surface area contributed by atoms with Gasteiger partial charge < -0.3 is 9.47 Å². The maximum atomic E-state index is 13.0. The van der Waals surface area contributed by atoms with E-state index in [-0.39, 0.29) is 18.2 Å². The summed E-state index contributed by atoms with van der Waals surface area (Å²) in [4.78, 5) is 29.4. The summed E-state index contributed by atoms with van der Waals surface area (Å²) in [7, 11) is 0. The first-order valence-corrected chi connectivity index (χ1v) is 9.35. The van der Waals surface area contributed by atoms with Crippen LogP contribution in [0.1, 0.15) is 46.5 Å². The molecule has 28 heavy (non-hydrogen) atoms. The lowest BCUT2D eigenvalue weighted by molar-refractivity contribution is 0.0526. The molecule has 1 unspecified atom stereocenters. The number of para-hydroxylation sites is 1. The molecule has 5 nitrogen and oxygen atoms in total. The summed E-state index contributed by atoms with van der Waals surface area (Å²) in [5.41, 5.74) is 2.06. The molecule has 0 saturated heterocycles. The Morgan fingerprint density at radius 1 is 1.18 bits per heavy atom. The van der Waals surface area contributed by atoms with Gasteiger partial charge in [0, 0.05) is 23.6 Å². The van der Waals surface area contributed by atoms with Crippen molar-refractivity contribution < 1.29 is 19.1 Å².